The van der Waals surface area contributed by atoms with Gasteiger partial charge in [0.1, 0.15) is 18.3 Å². The first-order valence-electron chi connectivity index (χ1n) is 8.12. The molecule has 1 fully saturated rings. The van der Waals surface area contributed by atoms with Gasteiger partial charge in [-0.25, -0.2) is 4.57 Å². The molecule has 4 atom stereocenters. The number of fused-ring (bicyclic) bond motifs is 1. The second-order valence-electron chi connectivity index (χ2n) is 5.95. The highest BCUT2D eigenvalue weighted by atomic mass is 79.9. The normalized spacial score (nSPS) is 29.6. The summed E-state index contributed by atoms with van der Waals surface area (Å²) in [5.41, 5.74) is 0.126. The third-order valence-corrected chi connectivity index (χ3v) is 5.34. The largest absolute Gasteiger partial charge is 0.502 e. The number of allylic oxidation sites excluding steroid dienone is 2. The number of aliphatic hydroxyl groups is 3. The van der Waals surface area contributed by atoms with E-state index in [1.807, 2.05) is 0 Å². The Morgan fingerprint density at radius 3 is 2.80 bits per heavy atom. The number of phosphoric ester groups is 1. The average Bonchev–Trinajstić information content (AvgIpc) is 3.19. The molecule has 16 heteroatoms. The Kier molecular flexibility index (Phi) is 7.16. The molecule has 6 N–H and O–H groups in total. The molecule has 1 saturated heterocycles. The smallest absolute Gasteiger partial charge is 0.469 e. The lowest BCUT2D eigenvalue weighted by molar-refractivity contribution is -0.517. The highest BCUT2D eigenvalue weighted by molar-refractivity contribution is 9.11. The molecule has 0 aromatic carbocycles. The van der Waals surface area contributed by atoms with Crippen LogP contribution in [0.1, 0.15) is 0 Å². The van der Waals surface area contributed by atoms with Crippen molar-refractivity contribution in [1.29, 1.82) is 5.41 Å². The van der Waals surface area contributed by atoms with Crippen molar-refractivity contribution in [2.45, 2.75) is 24.5 Å². The van der Waals surface area contributed by atoms with Crippen LogP contribution in [-0.2, 0) is 13.8 Å². The van der Waals surface area contributed by atoms with Crippen molar-refractivity contribution in [2.24, 2.45) is 15.0 Å². The van der Waals surface area contributed by atoms with E-state index in [0.717, 1.165) is 11.8 Å². The van der Waals surface area contributed by atoms with E-state index in [-0.39, 0.29) is 27.2 Å². The summed E-state index contributed by atoms with van der Waals surface area (Å²) in [5, 5.41) is 39.3. The number of amidine groups is 3. The molecule has 3 rings (SSSR count). The second-order valence-corrected chi connectivity index (χ2v) is 8.87. The number of halogens is 1. The van der Waals surface area contributed by atoms with Gasteiger partial charge in [0.05, 0.1) is 6.61 Å². The Hall–Kier alpha value is -1.55. The molecular formula is C14H16BrN5O8PS+. The van der Waals surface area contributed by atoms with Crippen LogP contribution in [0.2, 0.25) is 0 Å². The van der Waals surface area contributed by atoms with E-state index in [0.29, 0.717) is 0 Å². The Labute approximate surface area is 181 Å². The van der Waals surface area contributed by atoms with Gasteiger partial charge in [-0.3, -0.25) is 9.93 Å². The molecule has 0 aliphatic carbocycles. The first-order valence-corrected chi connectivity index (χ1v) is 11.3. The Bertz CT molecular complexity index is 969. The number of rotatable bonds is 6. The van der Waals surface area contributed by atoms with Crippen LogP contribution in [0.4, 0.5) is 0 Å². The van der Waals surface area contributed by atoms with Crippen molar-refractivity contribution in [2.75, 3.05) is 6.61 Å². The van der Waals surface area contributed by atoms with Gasteiger partial charge >= 0.3 is 13.7 Å². The van der Waals surface area contributed by atoms with Crippen LogP contribution in [0.3, 0.4) is 0 Å². The number of ether oxygens (including phenoxy) is 1. The highest BCUT2D eigenvalue weighted by Gasteiger charge is 2.50. The van der Waals surface area contributed by atoms with Crippen molar-refractivity contribution < 1.29 is 43.5 Å². The summed E-state index contributed by atoms with van der Waals surface area (Å²) in [5.74, 6) is -0.0273. The molecule has 0 aromatic heterocycles. The summed E-state index contributed by atoms with van der Waals surface area (Å²) in [6.07, 6.45) is -1.22. The van der Waals surface area contributed by atoms with Crippen molar-refractivity contribution in [3.05, 3.63) is 22.2 Å². The molecule has 0 unspecified atom stereocenters. The van der Waals surface area contributed by atoms with E-state index in [2.05, 4.69) is 35.4 Å². The van der Waals surface area contributed by atoms with Crippen LogP contribution in [0.5, 0.6) is 0 Å². The van der Waals surface area contributed by atoms with Crippen LogP contribution in [0.15, 0.2) is 37.2 Å². The zero-order valence-electron chi connectivity index (χ0n) is 14.8. The first-order chi connectivity index (χ1) is 14.1. The molecule has 162 valence electrons. The second kappa shape index (κ2) is 9.30. The Balaban J connectivity index is 1.75. The summed E-state index contributed by atoms with van der Waals surface area (Å²) in [6, 6.07) is 0. The summed E-state index contributed by atoms with van der Waals surface area (Å²) in [7, 11) is -4.79. The van der Waals surface area contributed by atoms with Gasteiger partial charge in [-0.2, -0.15) is 9.57 Å². The zero-order valence-corrected chi connectivity index (χ0v) is 18.1. The van der Waals surface area contributed by atoms with Gasteiger partial charge in [0, 0.05) is 0 Å². The lowest BCUT2D eigenvalue weighted by Crippen LogP contribution is -2.44. The van der Waals surface area contributed by atoms with Crippen LogP contribution in [0, 0.1) is 5.41 Å². The van der Waals surface area contributed by atoms with E-state index in [9.17, 15) is 14.8 Å². The Morgan fingerprint density at radius 1 is 1.40 bits per heavy atom. The number of hydrogen-bond donors (Lipinski definition) is 6. The van der Waals surface area contributed by atoms with E-state index < -0.39 is 39.0 Å². The van der Waals surface area contributed by atoms with E-state index in [1.54, 1.807) is 5.41 Å². The molecule has 0 saturated carbocycles. The number of hydrogen-bond acceptors (Lipinski definition) is 10. The molecular weight excluding hydrogens is 509 g/mol. The third-order valence-electron chi connectivity index (χ3n) is 3.91. The van der Waals surface area contributed by atoms with Gasteiger partial charge in [-0.1, -0.05) is 11.1 Å². The predicted molar refractivity (Wildman–Crippen MR) is 111 cm³/mol. The Morgan fingerprint density at radius 2 is 2.13 bits per heavy atom. The number of nitrogens with zero attached hydrogens (tertiary/aromatic N) is 4. The lowest BCUT2D eigenvalue weighted by Gasteiger charge is -2.16. The molecule has 3 aliphatic rings. The first kappa shape index (κ1) is 23.1. The summed E-state index contributed by atoms with van der Waals surface area (Å²) < 4.78 is 22.0. The average molecular weight is 525 g/mol. The number of thioether (sulfide) groups is 1. The monoisotopic (exact) mass is 524 g/mol. The van der Waals surface area contributed by atoms with Crippen LogP contribution in [0.25, 0.3) is 0 Å². The molecule has 0 radical (unpaired) electrons. The van der Waals surface area contributed by atoms with Crippen molar-refractivity contribution in [3.8, 4) is 0 Å². The van der Waals surface area contributed by atoms with Gasteiger partial charge in [0.15, 0.2) is 10.5 Å². The molecule has 0 aromatic rings. The summed E-state index contributed by atoms with van der Waals surface area (Å²) in [4.78, 5) is 29.9. The number of phosphoric acid groups is 1. The van der Waals surface area contributed by atoms with Crippen molar-refractivity contribution >= 4 is 64.4 Å². The minimum Gasteiger partial charge on any atom is -0.502 e. The van der Waals surface area contributed by atoms with Gasteiger partial charge in [0.25, 0.3) is 10.9 Å². The molecule has 0 bridgehead atoms. The molecule has 13 nitrogen and oxygen atoms in total. The standard InChI is InChI=1S/C14H15BrN5O8PS/c15-7(21)2-1-3-30-14-18-11(16)8-12(19-14)20(5-17-8)13-10(23)9(22)6(28-13)4-27-29(24,25)26/h1-3,5-6,9-10,13,16,22-23H,4H2,(H2-,21,24,25,26)/p+1/b3-1+,7-2-,16-11?/t6-,9-,10-,13-/m1/s1. The fraction of sp³-hybridized carbons (Fsp3) is 0.357. The maximum atomic E-state index is 10.9. The summed E-state index contributed by atoms with van der Waals surface area (Å²) >= 11 is 3.92. The number of aliphatic hydroxyl groups excluding tert-OH is 3. The van der Waals surface area contributed by atoms with Gasteiger partial charge in [-0.15, -0.1) is 4.99 Å². The number of aliphatic imine (C=N–C) groups is 3. The fourth-order valence-corrected chi connectivity index (χ4v) is 3.68. The van der Waals surface area contributed by atoms with E-state index in [4.69, 9.17) is 25.0 Å². The SMILES string of the molecule is N=C1N=C(S/C=C/C=C(\O)Br)N=C2C1=NC=[N+]2[C@@H]1O[C@H](COP(=O)(O)O)[C@@H](O)[C@H]1O. The number of nitrogens with one attached hydrogen (secondary N) is 1. The minimum absolute atomic E-state index is 0.0711. The topological polar surface area (TPSA) is 201 Å². The maximum absolute atomic E-state index is 10.9. The van der Waals surface area contributed by atoms with E-state index >= 15 is 0 Å². The van der Waals surface area contributed by atoms with Crippen LogP contribution < -0.4 is 0 Å². The van der Waals surface area contributed by atoms with Crippen LogP contribution >= 0.6 is 35.5 Å². The third kappa shape index (κ3) is 5.38. The van der Waals surface area contributed by atoms with Crippen molar-refractivity contribution in [3.63, 3.8) is 0 Å². The quantitative estimate of drug-likeness (QED) is 0.118. The van der Waals surface area contributed by atoms with Gasteiger partial charge in [-0.05, 0) is 39.2 Å². The maximum Gasteiger partial charge on any atom is 0.469 e. The molecule has 3 aliphatic heterocycles. The van der Waals surface area contributed by atoms with E-state index in [1.165, 1.54) is 23.1 Å². The van der Waals surface area contributed by atoms with Gasteiger partial charge < -0.3 is 29.8 Å². The summed E-state index contributed by atoms with van der Waals surface area (Å²) in [6.45, 7) is -0.649. The lowest BCUT2D eigenvalue weighted by atomic mass is 10.1. The van der Waals surface area contributed by atoms with Crippen molar-refractivity contribution in [1.82, 2.24) is 0 Å². The molecule has 0 amide bonds. The minimum atomic E-state index is -4.79. The van der Waals surface area contributed by atoms with Crippen LogP contribution in [-0.4, -0.2) is 89.7 Å². The predicted octanol–water partition coefficient (Wildman–Crippen LogP) is -0.176. The molecule has 0 spiro atoms. The molecule has 30 heavy (non-hydrogen) atoms. The highest BCUT2D eigenvalue weighted by Crippen LogP contribution is 2.37. The molecule has 3 heterocycles. The zero-order chi connectivity index (χ0) is 22.1. The fourth-order valence-electron chi connectivity index (χ4n) is 2.62. The van der Waals surface area contributed by atoms with Gasteiger partial charge in [0.2, 0.25) is 12.6 Å².